The predicted molar refractivity (Wildman–Crippen MR) is 147 cm³/mol. The summed E-state index contributed by atoms with van der Waals surface area (Å²) in [6.45, 7) is 8.12. The molecule has 0 unspecified atom stereocenters. The second-order valence-corrected chi connectivity index (χ2v) is 12.3. The quantitative estimate of drug-likeness (QED) is 0.387. The number of thiophene rings is 1. The van der Waals surface area contributed by atoms with Crippen molar-refractivity contribution in [3.05, 3.63) is 40.3 Å². The Hall–Kier alpha value is -2.10. The van der Waals surface area contributed by atoms with Gasteiger partial charge in [-0.15, -0.1) is 22.7 Å². The number of benzene rings is 1. The minimum Gasteiger partial charge on any atom is -0.317 e. The van der Waals surface area contributed by atoms with Crippen molar-refractivity contribution in [2.24, 2.45) is 5.92 Å². The van der Waals surface area contributed by atoms with Gasteiger partial charge in [-0.25, -0.2) is 4.98 Å². The lowest BCUT2D eigenvalue weighted by Crippen LogP contribution is -2.48. The van der Waals surface area contributed by atoms with Crippen LogP contribution >= 0.6 is 22.7 Å². The number of nitrogens with zero attached hydrogens (tertiary/aromatic N) is 1. The predicted octanol–water partition coefficient (Wildman–Crippen LogP) is 4.76. The van der Waals surface area contributed by atoms with E-state index in [0.717, 1.165) is 73.0 Å². The SMILES string of the molecule is CC(C)NC1CC(C(=O)Nc2sc3c(c2-c2nc4ccc(C5=CCNCC5)cc4s2)CCNC3)C1. The van der Waals surface area contributed by atoms with Crippen LogP contribution in [0.1, 0.15) is 49.1 Å². The standard InChI is InChI=1S/C27H33N5OS2/c1-15(2)30-19-11-18(12-19)25(33)32-27-24(20-7-10-29-14-23(20)35-27)26-31-21-4-3-17(13-22(21)34-26)16-5-8-28-9-6-16/h3-5,13,15,18-19,28-30H,6-12,14H2,1-2H3,(H,32,33). The maximum absolute atomic E-state index is 13.1. The lowest BCUT2D eigenvalue weighted by molar-refractivity contribution is -0.123. The summed E-state index contributed by atoms with van der Waals surface area (Å²) in [5.74, 6) is 0.244. The number of hydrogen-bond acceptors (Lipinski definition) is 7. The van der Waals surface area contributed by atoms with Crippen LogP contribution in [0.25, 0.3) is 26.4 Å². The fourth-order valence-electron chi connectivity index (χ4n) is 5.42. The van der Waals surface area contributed by atoms with Crippen molar-refractivity contribution in [3.63, 3.8) is 0 Å². The summed E-state index contributed by atoms with van der Waals surface area (Å²) in [6.07, 6.45) is 6.17. The number of anilines is 1. The van der Waals surface area contributed by atoms with E-state index in [4.69, 9.17) is 4.98 Å². The van der Waals surface area contributed by atoms with Gasteiger partial charge in [0.05, 0.1) is 10.2 Å². The summed E-state index contributed by atoms with van der Waals surface area (Å²) in [5, 5.41) is 15.8. The Kier molecular flexibility index (Phi) is 6.49. The van der Waals surface area contributed by atoms with Gasteiger partial charge in [0.1, 0.15) is 10.0 Å². The fourth-order valence-corrected chi connectivity index (χ4v) is 7.79. The molecular formula is C27H33N5OS2. The molecule has 184 valence electrons. The maximum Gasteiger partial charge on any atom is 0.228 e. The van der Waals surface area contributed by atoms with Gasteiger partial charge in [0.25, 0.3) is 0 Å². The average Bonchev–Trinajstić information content (AvgIpc) is 3.41. The van der Waals surface area contributed by atoms with Crippen molar-refractivity contribution in [1.29, 1.82) is 0 Å². The first-order valence-corrected chi connectivity index (χ1v) is 14.4. The Balaban J connectivity index is 1.29. The van der Waals surface area contributed by atoms with Crippen molar-refractivity contribution in [2.75, 3.05) is 25.0 Å². The van der Waals surface area contributed by atoms with Crippen LogP contribution in [0.15, 0.2) is 24.3 Å². The van der Waals surface area contributed by atoms with E-state index in [-0.39, 0.29) is 11.8 Å². The van der Waals surface area contributed by atoms with Gasteiger partial charge in [-0.3, -0.25) is 4.79 Å². The molecule has 0 atom stereocenters. The number of thiazole rings is 1. The summed E-state index contributed by atoms with van der Waals surface area (Å²) in [7, 11) is 0. The molecular weight excluding hydrogens is 474 g/mol. The molecule has 1 aromatic carbocycles. The Labute approximate surface area is 214 Å². The van der Waals surface area contributed by atoms with Crippen LogP contribution in [0.3, 0.4) is 0 Å². The van der Waals surface area contributed by atoms with Gasteiger partial charge in [0, 0.05) is 41.5 Å². The Morgan fingerprint density at radius 1 is 1.14 bits per heavy atom. The summed E-state index contributed by atoms with van der Waals surface area (Å²) in [5.41, 5.74) is 6.26. The minimum absolute atomic E-state index is 0.0903. The van der Waals surface area contributed by atoms with Gasteiger partial charge >= 0.3 is 0 Å². The molecule has 1 aliphatic carbocycles. The average molecular weight is 508 g/mol. The molecule has 35 heavy (non-hydrogen) atoms. The smallest absolute Gasteiger partial charge is 0.228 e. The van der Waals surface area contributed by atoms with E-state index in [1.165, 1.54) is 26.3 Å². The Morgan fingerprint density at radius 3 is 2.80 bits per heavy atom. The first-order chi connectivity index (χ1) is 17.0. The zero-order valence-electron chi connectivity index (χ0n) is 20.4. The maximum atomic E-state index is 13.1. The molecule has 0 bridgehead atoms. The molecule has 3 aromatic rings. The normalized spacial score (nSPS) is 22.1. The molecule has 1 amide bonds. The third kappa shape index (κ3) is 4.70. The third-order valence-corrected chi connectivity index (χ3v) is 9.46. The summed E-state index contributed by atoms with van der Waals surface area (Å²) in [6, 6.07) is 7.57. The van der Waals surface area contributed by atoms with Crippen molar-refractivity contribution in [3.8, 4) is 10.6 Å². The number of fused-ring (bicyclic) bond motifs is 2. The number of carbonyl (C=O) groups is 1. The van der Waals surface area contributed by atoms with Crippen LogP contribution in [0.2, 0.25) is 0 Å². The molecule has 6 nitrogen and oxygen atoms in total. The van der Waals surface area contributed by atoms with Crippen LogP contribution in [0, 0.1) is 5.92 Å². The monoisotopic (exact) mass is 507 g/mol. The molecule has 2 aromatic heterocycles. The number of nitrogens with one attached hydrogen (secondary N) is 4. The number of amides is 1. The largest absolute Gasteiger partial charge is 0.317 e. The first-order valence-electron chi connectivity index (χ1n) is 12.8. The number of hydrogen-bond donors (Lipinski definition) is 4. The van der Waals surface area contributed by atoms with Crippen molar-refractivity contribution < 1.29 is 4.79 Å². The second-order valence-electron chi connectivity index (χ2n) is 10.2. The highest BCUT2D eigenvalue weighted by Gasteiger charge is 2.35. The number of rotatable bonds is 6. The van der Waals surface area contributed by atoms with Crippen LogP contribution in [0.4, 0.5) is 5.00 Å². The second kappa shape index (κ2) is 9.75. The van der Waals surface area contributed by atoms with Crippen LogP contribution in [-0.4, -0.2) is 42.6 Å². The number of carbonyl (C=O) groups excluding carboxylic acids is 1. The van der Waals surface area contributed by atoms with Crippen LogP contribution in [0.5, 0.6) is 0 Å². The highest BCUT2D eigenvalue weighted by atomic mass is 32.1. The third-order valence-electron chi connectivity index (χ3n) is 7.28. The molecule has 0 spiro atoms. The van der Waals surface area contributed by atoms with Gasteiger partial charge in [-0.2, -0.15) is 0 Å². The lowest BCUT2D eigenvalue weighted by Gasteiger charge is -2.36. The van der Waals surface area contributed by atoms with Gasteiger partial charge in [-0.1, -0.05) is 26.0 Å². The molecule has 4 heterocycles. The molecule has 4 N–H and O–H groups in total. The fraction of sp³-hybridized carbons (Fsp3) is 0.481. The van der Waals surface area contributed by atoms with Crippen molar-refractivity contribution in [2.45, 2.75) is 58.2 Å². The van der Waals surface area contributed by atoms with Crippen molar-refractivity contribution in [1.82, 2.24) is 20.9 Å². The Bertz CT molecular complexity index is 1280. The number of aromatic nitrogens is 1. The van der Waals surface area contributed by atoms with E-state index in [1.807, 2.05) is 0 Å². The molecule has 8 heteroatoms. The molecule has 0 saturated heterocycles. The summed E-state index contributed by atoms with van der Waals surface area (Å²) < 4.78 is 1.21. The molecule has 3 aliphatic rings. The van der Waals surface area contributed by atoms with Gasteiger partial charge in [0.15, 0.2) is 0 Å². The van der Waals surface area contributed by atoms with Gasteiger partial charge in [0.2, 0.25) is 5.91 Å². The Morgan fingerprint density at radius 2 is 2.00 bits per heavy atom. The molecule has 6 rings (SSSR count). The van der Waals surface area contributed by atoms with E-state index in [0.29, 0.717) is 12.1 Å². The summed E-state index contributed by atoms with van der Waals surface area (Å²) in [4.78, 5) is 19.5. The lowest BCUT2D eigenvalue weighted by atomic mass is 9.79. The zero-order chi connectivity index (χ0) is 23.9. The molecule has 1 fully saturated rings. The topological polar surface area (TPSA) is 78.1 Å². The van der Waals surface area contributed by atoms with E-state index in [2.05, 4.69) is 59.4 Å². The molecule has 1 saturated carbocycles. The van der Waals surface area contributed by atoms with E-state index >= 15 is 0 Å². The van der Waals surface area contributed by atoms with Crippen LogP contribution < -0.4 is 21.3 Å². The molecule has 0 radical (unpaired) electrons. The first kappa shape index (κ1) is 23.3. The van der Waals surface area contributed by atoms with Gasteiger partial charge < -0.3 is 21.3 Å². The van der Waals surface area contributed by atoms with Gasteiger partial charge in [-0.05, 0) is 67.6 Å². The van der Waals surface area contributed by atoms with E-state index in [9.17, 15) is 4.79 Å². The van der Waals surface area contributed by atoms with Crippen LogP contribution in [-0.2, 0) is 17.8 Å². The molecule has 2 aliphatic heterocycles. The zero-order valence-corrected chi connectivity index (χ0v) is 22.0. The van der Waals surface area contributed by atoms with E-state index < -0.39 is 0 Å². The minimum atomic E-state index is 0.0903. The van der Waals surface area contributed by atoms with E-state index in [1.54, 1.807) is 22.7 Å². The van der Waals surface area contributed by atoms with Crippen molar-refractivity contribution >= 4 is 49.4 Å². The highest BCUT2D eigenvalue weighted by molar-refractivity contribution is 7.23. The summed E-state index contributed by atoms with van der Waals surface area (Å²) >= 11 is 3.48. The highest BCUT2D eigenvalue weighted by Crippen LogP contribution is 2.45.